The molecular weight excluding hydrogens is 510 g/mol. The van der Waals surface area contributed by atoms with Gasteiger partial charge < -0.3 is 14.0 Å². The second kappa shape index (κ2) is 11.4. The molecule has 1 aromatic heterocycles. The van der Waals surface area contributed by atoms with Gasteiger partial charge in [-0.3, -0.25) is 4.79 Å². The summed E-state index contributed by atoms with van der Waals surface area (Å²) in [4.78, 5) is 18.6. The van der Waals surface area contributed by atoms with Crippen molar-refractivity contribution in [1.29, 1.82) is 0 Å². The molecular formula is C27H29N3O5S2. The van der Waals surface area contributed by atoms with Crippen LogP contribution in [0.15, 0.2) is 76.8 Å². The number of ether oxygens (including phenoxy) is 2. The summed E-state index contributed by atoms with van der Waals surface area (Å²) < 4.78 is 36.4. The zero-order valence-electron chi connectivity index (χ0n) is 20.9. The fraction of sp³-hybridized carbons (Fsp3) is 0.259. The van der Waals surface area contributed by atoms with Gasteiger partial charge in [-0.25, -0.2) is 18.5 Å². The van der Waals surface area contributed by atoms with Crippen molar-refractivity contribution in [3.63, 3.8) is 0 Å². The summed E-state index contributed by atoms with van der Waals surface area (Å²) >= 11 is 1.33. The third-order valence-electron chi connectivity index (χ3n) is 6.00. The van der Waals surface area contributed by atoms with Crippen LogP contribution in [0.3, 0.4) is 0 Å². The third-order valence-corrected chi connectivity index (χ3v) is 8.16. The van der Waals surface area contributed by atoms with Crippen molar-refractivity contribution in [2.75, 3.05) is 14.2 Å². The standard InChI is InChI=1S/C27H29N3O5S2/c1-4-5-16-30-24-15-14-22(37(28,32)33)17-23(24)29-27(30)36-26(19-8-12-21(35-3)13-9-19)25(31)18-6-10-20(34-2)11-7-18/h6-15,17,26H,4-5,16H2,1-3H3,(H2,28,32,33). The van der Waals surface area contributed by atoms with Gasteiger partial charge in [0, 0.05) is 12.1 Å². The SMILES string of the molecule is CCCCn1c(SC(C(=O)c2ccc(OC)cc2)c2ccc(OC)cc2)nc2cc(S(N)(=O)=O)ccc21. The Morgan fingerprint density at radius 3 is 2.19 bits per heavy atom. The van der Waals surface area contributed by atoms with E-state index in [1.807, 2.05) is 28.8 Å². The Kier molecular flexibility index (Phi) is 8.21. The topological polar surface area (TPSA) is 114 Å². The van der Waals surface area contributed by atoms with Crippen LogP contribution in [-0.2, 0) is 16.6 Å². The monoisotopic (exact) mass is 539 g/mol. The zero-order valence-corrected chi connectivity index (χ0v) is 22.5. The highest BCUT2D eigenvalue weighted by molar-refractivity contribution is 8.00. The zero-order chi connectivity index (χ0) is 26.6. The molecule has 0 aliphatic rings. The molecule has 0 saturated carbocycles. The Bertz CT molecular complexity index is 1500. The number of carbonyl (C=O) groups is 1. The molecule has 1 unspecified atom stereocenters. The number of sulfonamides is 1. The summed E-state index contributed by atoms with van der Waals surface area (Å²) in [6.45, 7) is 2.77. The van der Waals surface area contributed by atoms with Gasteiger partial charge in [0.25, 0.3) is 0 Å². The Morgan fingerprint density at radius 1 is 1.00 bits per heavy atom. The Balaban J connectivity index is 1.80. The van der Waals surface area contributed by atoms with E-state index in [1.54, 1.807) is 44.6 Å². The summed E-state index contributed by atoms with van der Waals surface area (Å²) in [5.41, 5.74) is 2.64. The quantitative estimate of drug-likeness (QED) is 0.205. The van der Waals surface area contributed by atoms with Crippen LogP contribution in [-0.4, -0.2) is 38.0 Å². The molecule has 37 heavy (non-hydrogen) atoms. The van der Waals surface area contributed by atoms with Crippen LogP contribution >= 0.6 is 11.8 Å². The van der Waals surface area contributed by atoms with Crippen molar-refractivity contribution < 1.29 is 22.7 Å². The van der Waals surface area contributed by atoms with E-state index in [0.717, 1.165) is 23.9 Å². The van der Waals surface area contributed by atoms with Gasteiger partial charge in [0.2, 0.25) is 10.0 Å². The average Bonchev–Trinajstić information content (AvgIpc) is 3.26. The van der Waals surface area contributed by atoms with Crippen LogP contribution in [0.4, 0.5) is 0 Å². The van der Waals surface area contributed by atoms with Crippen molar-refractivity contribution in [1.82, 2.24) is 9.55 Å². The lowest BCUT2D eigenvalue weighted by Crippen LogP contribution is -2.12. The maximum atomic E-state index is 13.8. The predicted molar refractivity (Wildman–Crippen MR) is 145 cm³/mol. The van der Waals surface area contributed by atoms with E-state index in [0.29, 0.717) is 34.3 Å². The van der Waals surface area contributed by atoms with E-state index in [4.69, 9.17) is 19.6 Å². The number of aromatic nitrogens is 2. The summed E-state index contributed by atoms with van der Waals surface area (Å²) in [6.07, 6.45) is 1.86. The molecule has 0 amide bonds. The number of hydrogen-bond donors (Lipinski definition) is 1. The minimum Gasteiger partial charge on any atom is -0.497 e. The fourth-order valence-electron chi connectivity index (χ4n) is 3.95. The molecule has 4 aromatic rings. The highest BCUT2D eigenvalue weighted by Crippen LogP contribution is 2.40. The summed E-state index contributed by atoms with van der Waals surface area (Å²) in [5, 5.41) is 5.37. The molecule has 4 rings (SSSR count). The van der Waals surface area contributed by atoms with Crippen molar-refractivity contribution >= 4 is 38.6 Å². The number of aryl methyl sites for hydroxylation is 1. The van der Waals surface area contributed by atoms with Gasteiger partial charge in [0.05, 0.1) is 30.1 Å². The molecule has 0 fully saturated rings. The lowest BCUT2D eigenvalue weighted by molar-refractivity contribution is 0.0989. The second-order valence-electron chi connectivity index (χ2n) is 8.46. The first-order chi connectivity index (χ1) is 17.7. The van der Waals surface area contributed by atoms with Gasteiger partial charge in [-0.05, 0) is 66.6 Å². The number of hydrogen-bond acceptors (Lipinski definition) is 7. The number of imidazole rings is 1. The Labute approximate surface area is 220 Å². The van der Waals surface area contributed by atoms with Crippen LogP contribution in [0.1, 0.15) is 40.9 Å². The number of primary sulfonamides is 1. The fourth-order valence-corrected chi connectivity index (χ4v) is 5.70. The van der Waals surface area contributed by atoms with Crippen molar-refractivity contribution in [2.24, 2.45) is 5.14 Å². The van der Waals surface area contributed by atoms with Gasteiger partial charge in [-0.15, -0.1) is 0 Å². The number of unbranched alkanes of at least 4 members (excludes halogenated alkanes) is 1. The number of ketones is 1. The number of thioether (sulfide) groups is 1. The lowest BCUT2D eigenvalue weighted by Gasteiger charge is -2.17. The van der Waals surface area contributed by atoms with Crippen molar-refractivity contribution in [3.05, 3.63) is 77.9 Å². The van der Waals surface area contributed by atoms with Crippen LogP contribution in [0.2, 0.25) is 0 Å². The van der Waals surface area contributed by atoms with E-state index < -0.39 is 15.3 Å². The molecule has 0 aliphatic carbocycles. The Hall–Kier alpha value is -3.34. The largest absolute Gasteiger partial charge is 0.497 e. The van der Waals surface area contributed by atoms with E-state index >= 15 is 0 Å². The maximum absolute atomic E-state index is 13.8. The minimum absolute atomic E-state index is 0.00212. The number of nitrogens with zero attached hydrogens (tertiary/aromatic N) is 2. The van der Waals surface area contributed by atoms with Gasteiger partial charge in [-0.1, -0.05) is 37.2 Å². The van der Waals surface area contributed by atoms with Crippen LogP contribution in [0.25, 0.3) is 11.0 Å². The molecule has 0 saturated heterocycles. The molecule has 2 N–H and O–H groups in total. The molecule has 8 nitrogen and oxygen atoms in total. The van der Waals surface area contributed by atoms with E-state index in [1.165, 1.54) is 23.9 Å². The number of fused-ring (bicyclic) bond motifs is 1. The number of carbonyl (C=O) groups excluding carboxylic acids is 1. The minimum atomic E-state index is -3.88. The molecule has 1 heterocycles. The van der Waals surface area contributed by atoms with Gasteiger partial charge in [-0.2, -0.15) is 0 Å². The van der Waals surface area contributed by atoms with Crippen LogP contribution in [0.5, 0.6) is 11.5 Å². The Morgan fingerprint density at radius 2 is 1.62 bits per heavy atom. The summed E-state index contributed by atoms with van der Waals surface area (Å²) in [5.74, 6) is 1.27. The second-order valence-corrected chi connectivity index (χ2v) is 11.1. The molecule has 0 aliphatic heterocycles. The molecule has 194 valence electrons. The number of benzene rings is 3. The van der Waals surface area contributed by atoms with Crippen molar-refractivity contribution in [3.8, 4) is 11.5 Å². The first-order valence-corrected chi connectivity index (χ1v) is 14.2. The first kappa shape index (κ1) is 26.7. The van der Waals surface area contributed by atoms with Gasteiger partial charge >= 0.3 is 0 Å². The van der Waals surface area contributed by atoms with Gasteiger partial charge in [0.15, 0.2) is 10.9 Å². The molecule has 0 radical (unpaired) electrons. The van der Waals surface area contributed by atoms with Crippen molar-refractivity contribution in [2.45, 2.75) is 41.6 Å². The number of Topliss-reactive ketones (excluding diaryl/α,β-unsaturated/α-hetero) is 1. The molecule has 0 bridgehead atoms. The molecule has 0 spiro atoms. The normalized spacial score (nSPS) is 12.4. The van der Waals surface area contributed by atoms with Crippen LogP contribution in [0, 0.1) is 0 Å². The van der Waals surface area contributed by atoms with Gasteiger partial charge in [0.1, 0.15) is 16.7 Å². The number of rotatable bonds is 11. The molecule has 3 aromatic carbocycles. The predicted octanol–water partition coefficient (Wildman–Crippen LogP) is 5.22. The maximum Gasteiger partial charge on any atom is 0.238 e. The summed E-state index contributed by atoms with van der Waals surface area (Å²) in [6, 6.07) is 19.1. The smallest absolute Gasteiger partial charge is 0.238 e. The average molecular weight is 540 g/mol. The lowest BCUT2D eigenvalue weighted by atomic mass is 10.0. The number of methoxy groups -OCH3 is 2. The number of nitrogens with two attached hydrogens (primary N) is 1. The first-order valence-electron chi connectivity index (χ1n) is 11.8. The van der Waals surface area contributed by atoms with E-state index in [2.05, 4.69) is 6.92 Å². The van der Waals surface area contributed by atoms with Crippen LogP contribution < -0.4 is 14.6 Å². The molecule has 10 heteroatoms. The van der Waals surface area contributed by atoms with E-state index in [9.17, 15) is 13.2 Å². The van der Waals surface area contributed by atoms with E-state index in [-0.39, 0.29) is 10.7 Å². The highest BCUT2D eigenvalue weighted by atomic mass is 32.2. The highest BCUT2D eigenvalue weighted by Gasteiger charge is 2.27. The molecule has 1 atom stereocenters. The summed E-state index contributed by atoms with van der Waals surface area (Å²) in [7, 11) is -0.704. The third kappa shape index (κ3) is 5.98.